The van der Waals surface area contributed by atoms with Crippen molar-refractivity contribution in [2.45, 2.75) is 57.2 Å². The zero-order valence-corrected chi connectivity index (χ0v) is 15.4. The summed E-state index contributed by atoms with van der Waals surface area (Å²) in [5.74, 6) is 0.203. The van der Waals surface area contributed by atoms with Crippen LogP contribution in [0.5, 0.6) is 0 Å². The first-order valence-corrected chi connectivity index (χ1v) is 9.46. The SMILES string of the molecule is CN(Cc1cc(=O)[nH]c(N)n1)[C@@H]1CCN(C(=O)COC2CCCCC2)C1. The lowest BCUT2D eigenvalue weighted by molar-refractivity contribution is -0.137. The Bertz CT molecular complexity index is 671. The second-order valence-corrected chi connectivity index (χ2v) is 7.39. The van der Waals surface area contributed by atoms with Crippen LogP contribution in [0.1, 0.15) is 44.2 Å². The van der Waals surface area contributed by atoms with E-state index in [0.29, 0.717) is 18.8 Å². The third-order valence-electron chi connectivity index (χ3n) is 5.36. The zero-order valence-electron chi connectivity index (χ0n) is 15.4. The van der Waals surface area contributed by atoms with E-state index in [1.54, 1.807) is 0 Å². The van der Waals surface area contributed by atoms with Gasteiger partial charge in [0.2, 0.25) is 11.9 Å². The van der Waals surface area contributed by atoms with E-state index in [4.69, 9.17) is 10.5 Å². The molecule has 1 aromatic heterocycles. The predicted octanol–water partition coefficient (Wildman–Crippen LogP) is 0.734. The first-order valence-electron chi connectivity index (χ1n) is 9.46. The molecule has 1 atom stereocenters. The summed E-state index contributed by atoms with van der Waals surface area (Å²) in [5.41, 5.74) is 5.99. The van der Waals surface area contributed by atoms with Crippen molar-refractivity contribution in [3.8, 4) is 0 Å². The van der Waals surface area contributed by atoms with Crippen LogP contribution < -0.4 is 11.3 Å². The van der Waals surface area contributed by atoms with Crippen molar-refractivity contribution in [1.29, 1.82) is 0 Å². The van der Waals surface area contributed by atoms with Crippen molar-refractivity contribution in [2.75, 3.05) is 32.5 Å². The van der Waals surface area contributed by atoms with Crippen LogP contribution >= 0.6 is 0 Å². The van der Waals surface area contributed by atoms with Crippen LogP contribution in [0.3, 0.4) is 0 Å². The number of rotatable bonds is 6. The molecule has 2 fully saturated rings. The Labute approximate surface area is 153 Å². The lowest BCUT2D eigenvalue weighted by Crippen LogP contribution is -2.38. The number of nitrogen functional groups attached to an aromatic ring is 1. The van der Waals surface area contributed by atoms with Gasteiger partial charge < -0.3 is 15.4 Å². The predicted molar refractivity (Wildman–Crippen MR) is 98.5 cm³/mol. The van der Waals surface area contributed by atoms with Gasteiger partial charge in [0.15, 0.2) is 0 Å². The molecule has 3 rings (SSSR count). The molecule has 0 bridgehead atoms. The van der Waals surface area contributed by atoms with Crippen LogP contribution in [0, 0.1) is 0 Å². The van der Waals surface area contributed by atoms with E-state index in [2.05, 4.69) is 14.9 Å². The van der Waals surface area contributed by atoms with E-state index in [1.807, 2.05) is 11.9 Å². The van der Waals surface area contributed by atoms with Gasteiger partial charge in [-0.15, -0.1) is 0 Å². The molecule has 3 N–H and O–H groups in total. The Hall–Kier alpha value is -1.93. The van der Waals surface area contributed by atoms with Gasteiger partial charge >= 0.3 is 0 Å². The summed E-state index contributed by atoms with van der Waals surface area (Å²) < 4.78 is 5.81. The largest absolute Gasteiger partial charge is 0.369 e. The smallest absolute Gasteiger partial charge is 0.252 e. The molecule has 2 heterocycles. The second kappa shape index (κ2) is 8.64. The molecule has 0 aromatic carbocycles. The summed E-state index contributed by atoms with van der Waals surface area (Å²) in [6.45, 7) is 2.14. The number of hydrogen-bond acceptors (Lipinski definition) is 6. The summed E-state index contributed by atoms with van der Waals surface area (Å²) >= 11 is 0. The van der Waals surface area contributed by atoms with Crippen LogP contribution in [-0.2, 0) is 16.1 Å². The number of nitrogens with two attached hydrogens (primary N) is 1. The van der Waals surface area contributed by atoms with Crippen molar-refractivity contribution < 1.29 is 9.53 Å². The van der Waals surface area contributed by atoms with Crippen molar-refractivity contribution in [3.05, 3.63) is 22.1 Å². The number of hydrogen-bond donors (Lipinski definition) is 2. The summed E-state index contributed by atoms with van der Waals surface area (Å²) in [6, 6.07) is 1.71. The number of nitrogens with zero attached hydrogens (tertiary/aromatic N) is 3. The molecular weight excluding hydrogens is 334 g/mol. The number of ether oxygens (including phenoxy) is 1. The normalized spacial score (nSPS) is 21.5. The lowest BCUT2D eigenvalue weighted by Gasteiger charge is -2.25. The highest BCUT2D eigenvalue weighted by molar-refractivity contribution is 5.77. The molecule has 8 heteroatoms. The van der Waals surface area contributed by atoms with Crippen LogP contribution in [0.15, 0.2) is 10.9 Å². The third-order valence-corrected chi connectivity index (χ3v) is 5.36. The monoisotopic (exact) mass is 363 g/mol. The van der Waals surface area contributed by atoms with Crippen LogP contribution in [-0.4, -0.2) is 64.6 Å². The Morgan fingerprint density at radius 2 is 2.15 bits per heavy atom. The quantitative estimate of drug-likeness (QED) is 0.772. The number of aromatic nitrogens is 2. The molecule has 1 saturated heterocycles. The van der Waals surface area contributed by atoms with E-state index in [9.17, 15) is 9.59 Å². The number of likely N-dealkylation sites (N-methyl/N-ethyl adjacent to an activating group) is 1. The standard InChI is InChI=1S/C18H29N5O3/c1-22(10-13-9-16(24)21-18(19)20-13)14-7-8-23(11-14)17(25)12-26-15-5-3-2-4-6-15/h9,14-15H,2-8,10-12H2,1H3,(H3,19,20,21,24)/t14-/m1/s1. The van der Waals surface area contributed by atoms with Gasteiger partial charge in [-0.25, -0.2) is 4.98 Å². The minimum Gasteiger partial charge on any atom is -0.369 e. The highest BCUT2D eigenvalue weighted by Gasteiger charge is 2.29. The number of carbonyl (C=O) groups excluding carboxylic acids is 1. The van der Waals surface area contributed by atoms with E-state index in [0.717, 1.165) is 25.8 Å². The van der Waals surface area contributed by atoms with Crippen LogP contribution in [0.4, 0.5) is 5.95 Å². The average molecular weight is 363 g/mol. The molecule has 0 unspecified atom stereocenters. The molecule has 0 radical (unpaired) electrons. The van der Waals surface area contributed by atoms with Crippen LogP contribution in [0.2, 0.25) is 0 Å². The van der Waals surface area contributed by atoms with Crippen molar-refractivity contribution >= 4 is 11.9 Å². The topological polar surface area (TPSA) is 105 Å². The number of amides is 1. The second-order valence-electron chi connectivity index (χ2n) is 7.39. The van der Waals surface area contributed by atoms with Gasteiger partial charge in [-0.1, -0.05) is 19.3 Å². The first-order chi connectivity index (χ1) is 12.5. The summed E-state index contributed by atoms with van der Waals surface area (Å²) in [5, 5.41) is 0. The molecule has 1 saturated carbocycles. The summed E-state index contributed by atoms with van der Waals surface area (Å²) in [4.78, 5) is 34.5. The number of nitrogens with one attached hydrogen (secondary N) is 1. The van der Waals surface area contributed by atoms with Crippen molar-refractivity contribution in [1.82, 2.24) is 19.8 Å². The molecule has 1 amide bonds. The molecule has 1 aliphatic heterocycles. The number of H-pyrrole nitrogens is 1. The molecule has 1 aliphatic carbocycles. The van der Waals surface area contributed by atoms with Gasteiger partial charge in [-0.2, -0.15) is 0 Å². The van der Waals surface area contributed by atoms with Crippen LogP contribution in [0.25, 0.3) is 0 Å². The first kappa shape index (κ1) is 18.8. The molecule has 144 valence electrons. The fourth-order valence-corrected chi connectivity index (χ4v) is 3.83. The molecule has 26 heavy (non-hydrogen) atoms. The summed E-state index contributed by atoms with van der Waals surface area (Å²) in [7, 11) is 1.98. The number of aromatic amines is 1. The number of carbonyl (C=O) groups is 1. The molecule has 2 aliphatic rings. The number of anilines is 1. The average Bonchev–Trinajstić information content (AvgIpc) is 3.10. The van der Waals surface area contributed by atoms with E-state index in [-0.39, 0.29) is 36.2 Å². The van der Waals surface area contributed by atoms with Crippen molar-refractivity contribution in [2.24, 2.45) is 0 Å². The Morgan fingerprint density at radius 3 is 2.88 bits per heavy atom. The molecule has 1 aromatic rings. The molecule has 8 nitrogen and oxygen atoms in total. The van der Waals surface area contributed by atoms with E-state index in [1.165, 1.54) is 25.3 Å². The maximum Gasteiger partial charge on any atom is 0.252 e. The van der Waals surface area contributed by atoms with Gasteiger partial charge in [0, 0.05) is 31.7 Å². The maximum atomic E-state index is 12.4. The zero-order chi connectivity index (χ0) is 18.5. The van der Waals surface area contributed by atoms with Gasteiger partial charge in [-0.05, 0) is 26.3 Å². The molecule has 0 spiro atoms. The lowest BCUT2D eigenvalue weighted by atomic mass is 9.98. The highest BCUT2D eigenvalue weighted by Crippen LogP contribution is 2.21. The fraction of sp³-hybridized carbons (Fsp3) is 0.722. The molecular formula is C18H29N5O3. The van der Waals surface area contributed by atoms with Gasteiger partial charge in [-0.3, -0.25) is 19.5 Å². The van der Waals surface area contributed by atoms with E-state index >= 15 is 0 Å². The van der Waals surface area contributed by atoms with Crippen molar-refractivity contribution in [3.63, 3.8) is 0 Å². The Morgan fingerprint density at radius 1 is 1.38 bits per heavy atom. The number of likely N-dealkylation sites (tertiary alicyclic amines) is 1. The highest BCUT2D eigenvalue weighted by atomic mass is 16.5. The Balaban J connectivity index is 1.46. The summed E-state index contributed by atoms with van der Waals surface area (Å²) in [6.07, 6.45) is 7.00. The fourth-order valence-electron chi connectivity index (χ4n) is 3.83. The minimum atomic E-state index is -0.246. The maximum absolute atomic E-state index is 12.4. The van der Waals surface area contributed by atoms with Gasteiger partial charge in [0.1, 0.15) is 6.61 Å². The van der Waals surface area contributed by atoms with Gasteiger partial charge in [0.05, 0.1) is 11.8 Å². The van der Waals surface area contributed by atoms with Gasteiger partial charge in [0.25, 0.3) is 5.56 Å². The van der Waals surface area contributed by atoms with E-state index < -0.39 is 0 Å². The Kier molecular flexibility index (Phi) is 6.26. The minimum absolute atomic E-state index is 0.0741. The third kappa shape index (κ3) is 5.04.